The van der Waals surface area contributed by atoms with Gasteiger partial charge in [0.1, 0.15) is 11.5 Å². The Morgan fingerprint density at radius 3 is 2.68 bits per heavy atom. The number of carbonyl (C=O) groups excluding carboxylic acids is 1. The minimum Gasteiger partial charge on any atom is -0.425 e. The van der Waals surface area contributed by atoms with Crippen molar-refractivity contribution in [1.82, 2.24) is 14.9 Å². The lowest BCUT2D eigenvalue weighted by Crippen LogP contribution is -2.36. The van der Waals surface area contributed by atoms with E-state index in [-0.39, 0.29) is 30.3 Å². The third-order valence-electron chi connectivity index (χ3n) is 5.78. The predicted octanol–water partition coefficient (Wildman–Crippen LogP) is 4.99. The predicted molar refractivity (Wildman–Crippen MR) is 119 cm³/mol. The van der Waals surface area contributed by atoms with Crippen molar-refractivity contribution in [2.24, 2.45) is 0 Å². The maximum Gasteiger partial charge on any atom is 0.573 e. The fourth-order valence-corrected chi connectivity index (χ4v) is 4.43. The average molecular weight is 493 g/mol. The molecule has 0 aliphatic carbocycles. The Morgan fingerprint density at radius 1 is 1.15 bits per heavy atom. The van der Waals surface area contributed by atoms with Gasteiger partial charge in [-0.25, -0.2) is 0 Å². The summed E-state index contributed by atoms with van der Waals surface area (Å²) in [7, 11) is 0. The van der Waals surface area contributed by atoms with Crippen molar-refractivity contribution in [1.29, 1.82) is 0 Å². The molecule has 1 saturated heterocycles. The summed E-state index contributed by atoms with van der Waals surface area (Å²) in [5.74, 6) is -0.101. The number of rotatable bonds is 5. The fourth-order valence-electron chi connectivity index (χ4n) is 4.30. The van der Waals surface area contributed by atoms with Crippen molar-refractivity contribution in [3.8, 4) is 17.5 Å². The van der Waals surface area contributed by atoms with E-state index in [4.69, 9.17) is 16.3 Å². The first-order valence-electron chi connectivity index (χ1n) is 10.7. The lowest BCUT2D eigenvalue weighted by atomic mass is 10.2. The second-order valence-electron chi connectivity index (χ2n) is 8.10. The molecule has 178 valence electrons. The number of nitrogens with zero attached hydrogens (tertiary/aromatic N) is 3. The maximum absolute atomic E-state index is 13.1. The Kier molecular flexibility index (Phi) is 5.76. The van der Waals surface area contributed by atoms with Gasteiger partial charge in [0.15, 0.2) is 11.5 Å². The summed E-state index contributed by atoms with van der Waals surface area (Å²) in [6.07, 6.45) is -2.93. The van der Waals surface area contributed by atoms with Gasteiger partial charge in [0.2, 0.25) is 0 Å². The van der Waals surface area contributed by atoms with Crippen LogP contribution in [0.5, 0.6) is 17.5 Å². The van der Waals surface area contributed by atoms with Crippen molar-refractivity contribution in [3.05, 3.63) is 64.8 Å². The van der Waals surface area contributed by atoms with Gasteiger partial charge in [0.05, 0.1) is 6.54 Å². The Morgan fingerprint density at radius 2 is 1.91 bits per heavy atom. The van der Waals surface area contributed by atoms with Gasteiger partial charge in [-0.3, -0.25) is 9.36 Å². The smallest absolute Gasteiger partial charge is 0.425 e. The summed E-state index contributed by atoms with van der Waals surface area (Å²) < 4.78 is 49.5. The van der Waals surface area contributed by atoms with Crippen LogP contribution in [0.15, 0.2) is 48.5 Å². The van der Waals surface area contributed by atoms with E-state index < -0.39 is 12.1 Å². The molecular weight excluding hydrogens is 473 g/mol. The van der Waals surface area contributed by atoms with Gasteiger partial charge < -0.3 is 19.7 Å². The standard InChI is InChI=1S/C23H20ClF3N4O3/c24-15-8-6-14(7-9-15)13-31-19-20(30-10-2-3-16(30)12-28-21(19)32)29-22(31)33-17-4-1-5-18(11-17)34-23(25,26)27/h1,4-9,11,16H,2-3,10,12-13H2,(H,28,32). The minimum atomic E-state index is -4.83. The van der Waals surface area contributed by atoms with Gasteiger partial charge in [-0.15, -0.1) is 13.2 Å². The summed E-state index contributed by atoms with van der Waals surface area (Å²) in [5, 5.41) is 3.53. The number of amides is 1. The number of alkyl halides is 3. The zero-order chi connectivity index (χ0) is 23.9. The van der Waals surface area contributed by atoms with E-state index in [1.807, 2.05) is 12.1 Å². The molecule has 34 heavy (non-hydrogen) atoms. The Hall–Kier alpha value is -3.40. The van der Waals surface area contributed by atoms with Crippen LogP contribution in [0.25, 0.3) is 0 Å². The van der Waals surface area contributed by atoms with Gasteiger partial charge in [-0.2, -0.15) is 4.98 Å². The molecule has 1 aromatic heterocycles. The van der Waals surface area contributed by atoms with Crippen LogP contribution in [0, 0.1) is 0 Å². The number of nitrogens with one attached hydrogen (secondary N) is 1. The summed E-state index contributed by atoms with van der Waals surface area (Å²) in [6.45, 7) is 1.52. The number of carbonyl (C=O) groups is 1. The molecule has 1 N–H and O–H groups in total. The molecule has 11 heteroatoms. The molecule has 2 aliphatic rings. The molecular formula is C23H20ClF3N4O3. The Balaban J connectivity index is 1.56. The molecule has 3 heterocycles. The molecule has 1 unspecified atom stereocenters. The van der Waals surface area contributed by atoms with Crippen LogP contribution in [0.3, 0.4) is 0 Å². The second kappa shape index (κ2) is 8.75. The molecule has 0 bridgehead atoms. The van der Waals surface area contributed by atoms with E-state index in [0.717, 1.165) is 31.0 Å². The molecule has 0 spiro atoms. The fraction of sp³-hybridized carbons (Fsp3) is 0.304. The van der Waals surface area contributed by atoms with Crippen LogP contribution >= 0.6 is 11.6 Å². The monoisotopic (exact) mass is 492 g/mol. The van der Waals surface area contributed by atoms with Gasteiger partial charge in [-0.05, 0) is 42.7 Å². The highest BCUT2D eigenvalue weighted by atomic mass is 35.5. The second-order valence-corrected chi connectivity index (χ2v) is 8.54. The number of imidazole rings is 1. The molecule has 0 radical (unpaired) electrons. The van der Waals surface area contributed by atoms with E-state index >= 15 is 0 Å². The van der Waals surface area contributed by atoms with Gasteiger partial charge in [0.25, 0.3) is 5.91 Å². The van der Waals surface area contributed by atoms with Gasteiger partial charge >= 0.3 is 12.4 Å². The normalized spacial score (nSPS) is 17.6. The molecule has 3 aromatic rings. The van der Waals surface area contributed by atoms with Crippen LogP contribution in [0.4, 0.5) is 19.0 Å². The maximum atomic E-state index is 13.1. The lowest BCUT2D eigenvalue weighted by molar-refractivity contribution is -0.274. The van der Waals surface area contributed by atoms with E-state index in [9.17, 15) is 18.0 Å². The highest BCUT2D eigenvalue weighted by molar-refractivity contribution is 6.30. The summed E-state index contributed by atoms with van der Waals surface area (Å²) >= 11 is 6.01. The molecule has 0 saturated carbocycles. The van der Waals surface area contributed by atoms with E-state index in [2.05, 4.69) is 19.9 Å². The van der Waals surface area contributed by atoms with Crippen LogP contribution in [-0.4, -0.2) is 41.0 Å². The largest absolute Gasteiger partial charge is 0.573 e. The summed E-state index contributed by atoms with van der Waals surface area (Å²) in [4.78, 5) is 19.8. The van der Waals surface area contributed by atoms with E-state index in [1.165, 1.54) is 18.2 Å². The number of aromatic nitrogens is 2. The number of benzene rings is 2. The first-order chi connectivity index (χ1) is 16.3. The minimum absolute atomic E-state index is 0.0896. The van der Waals surface area contributed by atoms with E-state index in [0.29, 0.717) is 23.1 Å². The zero-order valence-electron chi connectivity index (χ0n) is 17.8. The van der Waals surface area contributed by atoms with Gasteiger partial charge in [0, 0.05) is 30.2 Å². The molecule has 1 amide bonds. The van der Waals surface area contributed by atoms with Crippen LogP contribution in [0.1, 0.15) is 28.9 Å². The highest BCUT2D eigenvalue weighted by Gasteiger charge is 2.37. The first kappa shape index (κ1) is 22.4. The van der Waals surface area contributed by atoms with E-state index in [1.54, 1.807) is 16.7 Å². The number of ether oxygens (including phenoxy) is 2. The number of hydrogen-bond donors (Lipinski definition) is 1. The van der Waals surface area contributed by atoms with Gasteiger partial charge in [-0.1, -0.05) is 29.8 Å². The third kappa shape index (κ3) is 4.63. The van der Waals surface area contributed by atoms with Crippen LogP contribution in [-0.2, 0) is 6.54 Å². The summed E-state index contributed by atoms with van der Waals surface area (Å²) in [6, 6.07) is 12.5. The number of anilines is 1. The highest BCUT2D eigenvalue weighted by Crippen LogP contribution is 2.36. The van der Waals surface area contributed by atoms with Crippen molar-refractivity contribution in [2.75, 3.05) is 18.0 Å². The van der Waals surface area contributed by atoms with Crippen molar-refractivity contribution < 1.29 is 27.4 Å². The third-order valence-corrected chi connectivity index (χ3v) is 6.03. The molecule has 1 fully saturated rings. The first-order valence-corrected chi connectivity index (χ1v) is 11.1. The molecule has 7 nitrogen and oxygen atoms in total. The SMILES string of the molecule is O=C1NCC2CCCN2c2nc(Oc3cccc(OC(F)(F)F)c3)n(Cc3ccc(Cl)cc3)c21. The Bertz CT molecular complexity index is 1210. The number of hydrogen-bond acceptors (Lipinski definition) is 5. The lowest BCUT2D eigenvalue weighted by Gasteiger charge is -2.21. The quantitative estimate of drug-likeness (QED) is 0.543. The summed E-state index contributed by atoms with van der Waals surface area (Å²) in [5.41, 5.74) is 1.19. The molecule has 2 aromatic carbocycles. The average Bonchev–Trinajstić information content (AvgIpc) is 3.34. The Labute approximate surface area is 198 Å². The molecule has 5 rings (SSSR count). The van der Waals surface area contributed by atoms with Crippen LogP contribution < -0.4 is 19.7 Å². The number of fused-ring (bicyclic) bond motifs is 3. The van der Waals surface area contributed by atoms with Crippen molar-refractivity contribution in [3.63, 3.8) is 0 Å². The topological polar surface area (TPSA) is 68.6 Å². The van der Waals surface area contributed by atoms with Crippen molar-refractivity contribution >= 4 is 23.3 Å². The zero-order valence-corrected chi connectivity index (χ0v) is 18.6. The van der Waals surface area contributed by atoms with Crippen molar-refractivity contribution in [2.45, 2.75) is 31.8 Å². The molecule has 2 aliphatic heterocycles. The number of halogens is 4. The molecule has 1 atom stereocenters. The van der Waals surface area contributed by atoms with Crippen LogP contribution in [0.2, 0.25) is 5.02 Å².